The highest BCUT2D eigenvalue weighted by Gasteiger charge is 2.10. The van der Waals surface area contributed by atoms with Crippen LogP contribution in [0.5, 0.6) is 0 Å². The third-order valence-corrected chi connectivity index (χ3v) is 1.77. The van der Waals surface area contributed by atoms with Gasteiger partial charge < -0.3 is 0 Å². The molecule has 0 unspecified atom stereocenters. The molecule has 2 amide bonds. The van der Waals surface area contributed by atoms with Crippen LogP contribution < -0.4 is 10.6 Å². The Balaban J connectivity index is 1.71. The van der Waals surface area contributed by atoms with Gasteiger partial charge in [0.2, 0.25) is 11.8 Å². The fourth-order valence-electron chi connectivity index (χ4n) is 1.03. The van der Waals surface area contributed by atoms with Crippen molar-refractivity contribution in [3.63, 3.8) is 0 Å². The quantitative estimate of drug-likeness (QED) is 0.477. The molecule has 0 atom stereocenters. The topological polar surface area (TPSA) is 167 Å². The van der Waals surface area contributed by atoms with Crippen LogP contribution in [0.2, 0.25) is 0 Å². The maximum atomic E-state index is 11.4. The number of amides is 2. The molecule has 4 N–H and O–H groups in total. The fraction of sp³-hybridized carbons (Fsp3) is 0.333. The van der Waals surface area contributed by atoms with Gasteiger partial charge in [0.1, 0.15) is 0 Å². The summed E-state index contributed by atoms with van der Waals surface area (Å²) < 4.78 is 0. The number of rotatable bonds is 5. The van der Waals surface area contributed by atoms with Crippen LogP contribution in [-0.4, -0.2) is 53.1 Å². The molecule has 0 radical (unpaired) electrons. The number of hydrogen-bond donors (Lipinski definition) is 4. The number of hydrogen-bond acceptors (Lipinski definition) is 8. The van der Waals surface area contributed by atoms with Gasteiger partial charge in [-0.15, -0.1) is 10.2 Å². The van der Waals surface area contributed by atoms with Crippen molar-refractivity contribution in [2.24, 2.45) is 0 Å². The zero-order chi connectivity index (χ0) is 12.8. The van der Waals surface area contributed by atoms with Gasteiger partial charge in [-0.2, -0.15) is 10.4 Å². The molecule has 2 rings (SSSR count). The molecule has 0 saturated heterocycles. The van der Waals surface area contributed by atoms with Gasteiger partial charge in [0.05, 0.1) is 0 Å². The minimum absolute atomic E-state index is 0.0295. The number of nitrogens with one attached hydrogen (secondary N) is 4. The van der Waals surface area contributed by atoms with Crippen LogP contribution in [0.3, 0.4) is 0 Å². The predicted octanol–water partition coefficient (Wildman–Crippen LogP) is -1.93. The second-order valence-corrected chi connectivity index (χ2v) is 3.07. The number of nitrogens with zero attached hydrogens (tertiary/aromatic N) is 6. The molecule has 0 aliphatic heterocycles. The van der Waals surface area contributed by atoms with Crippen LogP contribution in [0.15, 0.2) is 0 Å². The zero-order valence-corrected chi connectivity index (χ0v) is 8.91. The first-order chi connectivity index (χ1) is 8.74. The Labute approximate surface area is 98.9 Å². The van der Waals surface area contributed by atoms with E-state index in [1.807, 2.05) is 0 Å². The van der Waals surface area contributed by atoms with Gasteiger partial charge in [0.25, 0.3) is 11.9 Å². The average molecular weight is 252 g/mol. The van der Waals surface area contributed by atoms with Crippen LogP contribution in [0.4, 0.5) is 11.9 Å². The lowest BCUT2D eigenvalue weighted by molar-refractivity contribution is -0.121. The normalized spacial score (nSPS) is 10.0. The van der Waals surface area contributed by atoms with Crippen molar-refractivity contribution in [1.29, 1.82) is 0 Å². The highest BCUT2D eigenvalue weighted by atomic mass is 16.2. The van der Waals surface area contributed by atoms with E-state index in [9.17, 15) is 9.59 Å². The Morgan fingerprint density at radius 3 is 1.67 bits per heavy atom. The molecule has 0 fully saturated rings. The van der Waals surface area contributed by atoms with Crippen molar-refractivity contribution < 1.29 is 9.59 Å². The Hall–Kier alpha value is -2.92. The molecule has 2 aromatic heterocycles. The first-order valence-electron chi connectivity index (χ1n) is 4.80. The summed E-state index contributed by atoms with van der Waals surface area (Å²) >= 11 is 0. The number of aromatic nitrogens is 8. The molecule has 0 saturated carbocycles. The summed E-state index contributed by atoms with van der Waals surface area (Å²) in [4.78, 5) is 22.7. The van der Waals surface area contributed by atoms with Gasteiger partial charge in [-0.25, -0.2) is 0 Å². The van der Waals surface area contributed by atoms with Gasteiger partial charge in [0.15, 0.2) is 0 Å². The van der Waals surface area contributed by atoms with Crippen LogP contribution in [0.25, 0.3) is 0 Å². The van der Waals surface area contributed by atoms with E-state index in [1.165, 1.54) is 0 Å². The molecule has 94 valence electrons. The van der Waals surface area contributed by atoms with E-state index in [0.29, 0.717) is 0 Å². The second kappa shape index (κ2) is 5.42. The van der Waals surface area contributed by atoms with Crippen LogP contribution >= 0.6 is 0 Å². The van der Waals surface area contributed by atoms with E-state index < -0.39 is 11.8 Å². The molecule has 0 aliphatic rings. The van der Waals surface area contributed by atoms with Crippen molar-refractivity contribution >= 4 is 23.7 Å². The van der Waals surface area contributed by atoms with E-state index in [0.717, 1.165) is 0 Å². The number of anilines is 2. The Morgan fingerprint density at radius 1 is 0.889 bits per heavy atom. The van der Waals surface area contributed by atoms with Crippen molar-refractivity contribution in [2.75, 3.05) is 10.6 Å². The molecule has 0 aliphatic carbocycles. The molecule has 0 spiro atoms. The van der Waals surface area contributed by atoms with Crippen molar-refractivity contribution in [3.05, 3.63) is 0 Å². The Morgan fingerprint density at radius 2 is 1.33 bits per heavy atom. The lowest BCUT2D eigenvalue weighted by atomic mass is 10.3. The number of H-pyrrole nitrogens is 2. The van der Waals surface area contributed by atoms with Crippen LogP contribution in [0, 0.1) is 0 Å². The maximum Gasteiger partial charge on any atom is 0.269 e. The molecule has 12 nitrogen and oxygen atoms in total. The second-order valence-electron chi connectivity index (χ2n) is 3.07. The van der Waals surface area contributed by atoms with E-state index in [1.54, 1.807) is 0 Å². The number of aromatic amines is 2. The van der Waals surface area contributed by atoms with Crippen LogP contribution in [0.1, 0.15) is 12.8 Å². The van der Waals surface area contributed by atoms with E-state index in [-0.39, 0.29) is 24.7 Å². The lowest BCUT2D eigenvalue weighted by Gasteiger charge is -2.00. The molecule has 0 bridgehead atoms. The maximum absolute atomic E-state index is 11.4. The SMILES string of the molecule is O=C(CCC(=O)Nc1nn[nH]n1)Nc1nn[nH]n1. The first-order valence-corrected chi connectivity index (χ1v) is 4.80. The molecule has 18 heavy (non-hydrogen) atoms. The van der Waals surface area contributed by atoms with E-state index in [2.05, 4.69) is 51.9 Å². The highest BCUT2D eigenvalue weighted by molar-refractivity contribution is 5.95. The summed E-state index contributed by atoms with van der Waals surface area (Å²) in [6, 6.07) is 0. The third-order valence-electron chi connectivity index (χ3n) is 1.77. The lowest BCUT2D eigenvalue weighted by Crippen LogP contribution is -2.18. The Kier molecular flexibility index (Phi) is 3.48. The van der Waals surface area contributed by atoms with Crippen LogP contribution in [-0.2, 0) is 9.59 Å². The molecular formula is C6H8N10O2. The van der Waals surface area contributed by atoms with E-state index >= 15 is 0 Å². The summed E-state index contributed by atoms with van der Waals surface area (Å²) in [5.74, 6) is -0.698. The minimum atomic E-state index is -0.403. The number of tetrazole rings is 2. The number of carbonyl (C=O) groups excluding carboxylic acids is 2. The monoisotopic (exact) mass is 252 g/mol. The third kappa shape index (κ3) is 3.29. The summed E-state index contributed by atoms with van der Waals surface area (Å²) in [5.41, 5.74) is 0. The van der Waals surface area contributed by atoms with Gasteiger partial charge in [-0.05, 0) is 10.4 Å². The zero-order valence-electron chi connectivity index (χ0n) is 8.91. The smallest absolute Gasteiger partial charge is 0.269 e. The van der Waals surface area contributed by atoms with Crippen molar-refractivity contribution in [3.8, 4) is 0 Å². The molecule has 2 aromatic rings. The average Bonchev–Trinajstić information content (AvgIpc) is 2.99. The standard InChI is InChI=1S/C6H8N10O2/c17-3(7-5-9-13-14-10-5)1-2-4(18)8-6-11-15-16-12-6/h1-2H2,(H2,7,9,10,13,14,17)(H2,8,11,12,15,16,18). The van der Waals surface area contributed by atoms with Gasteiger partial charge in [-0.3, -0.25) is 20.2 Å². The molecular weight excluding hydrogens is 244 g/mol. The number of carbonyl (C=O) groups is 2. The predicted molar refractivity (Wildman–Crippen MR) is 54.8 cm³/mol. The summed E-state index contributed by atoms with van der Waals surface area (Å²) in [5, 5.41) is 29.7. The Bertz CT molecular complexity index is 456. The molecule has 2 heterocycles. The fourth-order valence-corrected chi connectivity index (χ4v) is 1.03. The molecule has 12 heteroatoms. The first kappa shape index (κ1) is 11.6. The van der Waals surface area contributed by atoms with Gasteiger partial charge in [0, 0.05) is 12.8 Å². The molecule has 0 aromatic carbocycles. The summed E-state index contributed by atoms with van der Waals surface area (Å²) in [6.45, 7) is 0. The summed E-state index contributed by atoms with van der Waals surface area (Å²) in [7, 11) is 0. The summed E-state index contributed by atoms with van der Waals surface area (Å²) in [6.07, 6.45) is -0.0591. The van der Waals surface area contributed by atoms with Gasteiger partial charge in [-0.1, -0.05) is 10.2 Å². The van der Waals surface area contributed by atoms with Gasteiger partial charge >= 0.3 is 0 Å². The van der Waals surface area contributed by atoms with Crippen molar-refractivity contribution in [2.45, 2.75) is 12.8 Å². The largest absolute Gasteiger partial charge is 0.292 e. The van der Waals surface area contributed by atoms with Crippen molar-refractivity contribution in [1.82, 2.24) is 41.2 Å². The van der Waals surface area contributed by atoms with E-state index in [4.69, 9.17) is 0 Å². The highest BCUT2D eigenvalue weighted by Crippen LogP contribution is 1.99. The minimum Gasteiger partial charge on any atom is -0.292 e.